The molecule has 28 heavy (non-hydrogen) atoms. The number of hydrogen-bond acceptors (Lipinski definition) is 0. The van der Waals surface area contributed by atoms with Gasteiger partial charge < -0.3 is 37.2 Å². The van der Waals surface area contributed by atoms with Gasteiger partial charge in [0.05, 0.1) is 0 Å². The van der Waals surface area contributed by atoms with Gasteiger partial charge in [0.15, 0.2) is 0 Å². The first-order valence-corrected chi connectivity index (χ1v) is 12.1. The fraction of sp³-hybridized carbons (Fsp3) is 0.565. The van der Waals surface area contributed by atoms with Crippen LogP contribution in [0.2, 0.25) is 0 Å². The van der Waals surface area contributed by atoms with Crippen molar-refractivity contribution in [2.24, 2.45) is 5.41 Å². The van der Waals surface area contributed by atoms with Crippen LogP contribution in [0, 0.1) is 26.2 Å². The minimum Gasteiger partial charge on any atom is -1.00 e. The Morgan fingerprint density at radius 2 is 1.50 bits per heavy atom. The maximum Gasteiger partial charge on any atom is -1.00 e. The molecule has 0 aliphatic heterocycles. The molecule has 1 aromatic rings. The van der Waals surface area contributed by atoms with Crippen molar-refractivity contribution in [2.75, 3.05) is 0 Å². The van der Waals surface area contributed by atoms with E-state index in [1.165, 1.54) is 48.8 Å². The van der Waals surface area contributed by atoms with Gasteiger partial charge in [-0.2, -0.15) is 0 Å². The zero-order chi connectivity index (χ0) is 18.8. The number of allylic oxidation sites excluding steroid dienone is 4. The Hall–Kier alpha value is 0.501. The zero-order valence-corrected chi connectivity index (χ0v) is 23.8. The summed E-state index contributed by atoms with van der Waals surface area (Å²) in [6.45, 7) is 16.4. The van der Waals surface area contributed by atoms with Crippen LogP contribution in [0.5, 0.6) is 0 Å². The summed E-state index contributed by atoms with van der Waals surface area (Å²) in [5.41, 5.74) is 8.15. The van der Waals surface area contributed by atoms with Gasteiger partial charge in [-0.3, -0.25) is 0 Å². The summed E-state index contributed by atoms with van der Waals surface area (Å²) in [7, 11) is -0.368. The monoisotopic (exact) mass is 492 g/mol. The van der Waals surface area contributed by atoms with Crippen molar-refractivity contribution in [1.82, 2.24) is 0 Å². The van der Waals surface area contributed by atoms with Crippen LogP contribution >= 0.6 is 0 Å². The molecule has 0 spiro atoms. The molecular weight excluding hydrogens is 459 g/mol. The van der Waals surface area contributed by atoms with E-state index in [1.807, 2.05) is 0 Å². The van der Waals surface area contributed by atoms with Crippen molar-refractivity contribution in [2.45, 2.75) is 80.6 Å². The number of benzene rings is 1. The fourth-order valence-electron chi connectivity index (χ4n) is 4.35. The molecule has 1 aliphatic carbocycles. The van der Waals surface area contributed by atoms with E-state index >= 15 is 0 Å². The fourth-order valence-corrected chi connectivity index (χ4v) is 7.73. The average molecular weight is 494 g/mol. The third kappa shape index (κ3) is 7.64. The van der Waals surface area contributed by atoms with Crippen LogP contribution in [-0.4, -0.2) is 9.52 Å². The largest absolute Gasteiger partial charge is 1.00 e. The molecule has 0 unspecified atom stereocenters. The van der Waals surface area contributed by atoms with Crippen LogP contribution < -0.4 is 42.4 Å². The Balaban J connectivity index is 0. The molecule has 1 aromatic carbocycles. The topological polar surface area (TPSA) is 0 Å². The Morgan fingerprint density at radius 3 is 1.96 bits per heavy atom. The van der Waals surface area contributed by atoms with Crippen LogP contribution in [0.25, 0.3) is 0 Å². The second-order valence-corrected chi connectivity index (χ2v) is 11.6. The first kappa shape index (κ1) is 30.7. The van der Waals surface area contributed by atoms with E-state index in [-0.39, 0.29) is 52.2 Å². The van der Waals surface area contributed by atoms with Crippen molar-refractivity contribution in [3.63, 3.8) is 0 Å². The summed E-state index contributed by atoms with van der Waals surface area (Å²) in [5.74, 6) is 0. The minimum absolute atomic E-state index is 0. The summed E-state index contributed by atoms with van der Waals surface area (Å²) >= 11 is 2.41. The molecule has 0 nitrogen and oxygen atoms in total. The van der Waals surface area contributed by atoms with Gasteiger partial charge in [-0.15, -0.1) is 0 Å². The van der Waals surface area contributed by atoms with Gasteiger partial charge in [-0.25, -0.2) is 0 Å². The molecule has 2 rings (SSSR count). The Kier molecular flexibility index (Phi) is 14.3. The average Bonchev–Trinajstić information content (AvgIpc) is 2.79. The molecule has 0 amide bonds. The standard InChI is InChI=1S/C23H35Si.3ClH.Ti/c1-8-9-10-11-19-14-20(15-21(19)23(5,6)7)24-22-17(3)12-16(2)13-18(22)4;;;;/h12-13H,8-11,14,24H2,1-7H3;3*1H;/q;;;;+3/p-3. The van der Waals surface area contributed by atoms with Gasteiger partial charge in [0, 0.05) is 0 Å². The number of unbranched alkanes of at least 4 members (excludes halogenated alkanes) is 2. The summed E-state index contributed by atoms with van der Waals surface area (Å²) in [6, 6.07) is 4.75. The molecule has 156 valence electrons. The first-order chi connectivity index (χ1) is 11.6. The zero-order valence-electron chi connectivity index (χ0n) is 18.5. The molecule has 0 bridgehead atoms. The minimum atomic E-state index is -0.368. The van der Waals surface area contributed by atoms with E-state index in [4.69, 9.17) is 0 Å². The number of rotatable bonds is 6. The van der Waals surface area contributed by atoms with Gasteiger partial charge in [0.25, 0.3) is 0 Å². The molecule has 0 fully saturated rings. The summed E-state index contributed by atoms with van der Waals surface area (Å²) in [5, 5.41) is 3.48. The Labute approximate surface area is 206 Å². The third-order valence-electron chi connectivity index (χ3n) is 5.45. The molecule has 0 atom stereocenters. The molecule has 0 saturated carbocycles. The molecule has 0 aromatic heterocycles. The number of halogens is 3. The second kappa shape index (κ2) is 13.0. The summed E-state index contributed by atoms with van der Waals surface area (Å²) < 4.78 is 1.64. The van der Waals surface area contributed by atoms with Gasteiger partial charge in [-0.1, -0.05) is 0 Å². The van der Waals surface area contributed by atoms with Crippen molar-refractivity contribution in [1.29, 1.82) is 0 Å². The molecule has 0 radical (unpaired) electrons. The molecule has 0 heterocycles. The maximum absolute atomic E-state index is 2.41. The SMILES string of the molecule is CCCCCC1=C(C(C)(C)C)[C]([Ti+3])=C([SiH2]c2c(C)cc(C)cc2C)C1.[Cl-].[Cl-].[Cl-]. The normalized spacial score (nSPS) is 14.3. The quantitative estimate of drug-likeness (QED) is 0.285. The molecule has 5 heteroatoms. The third-order valence-corrected chi connectivity index (χ3v) is 9.44. The molecule has 1 aliphatic rings. The van der Waals surface area contributed by atoms with E-state index in [0.29, 0.717) is 0 Å². The molecule has 0 saturated heterocycles. The van der Waals surface area contributed by atoms with Crippen molar-refractivity contribution in [3.8, 4) is 0 Å². The van der Waals surface area contributed by atoms with Crippen LogP contribution in [0.3, 0.4) is 0 Å². The van der Waals surface area contributed by atoms with Crippen molar-refractivity contribution in [3.05, 3.63) is 49.0 Å². The van der Waals surface area contributed by atoms with Crippen LogP contribution in [0.15, 0.2) is 32.4 Å². The van der Waals surface area contributed by atoms with E-state index in [1.54, 1.807) is 25.4 Å². The smallest absolute Gasteiger partial charge is 1.00 e. The van der Waals surface area contributed by atoms with Gasteiger partial charge >= 0.3 is 170 Å². The van der Waals surface area contributed by atoms with E-state index in [9.17, 15) is 0 Å². The Morgan fingerprint density at radius 1 is 0.964 bits per heavy atom. The van der Waals surface area contributed by atoms with E-state index in [0.717, 1.165) is 0 Å². The second-order valence-electron chi connectivity index (χ2n) is 8.90. The van der Waals surface area contributed by atoms with Gasteiger partial charge in [0.1, 0.15) is 0 Å². The predicted molar refractivity (Wildman–Crippen MR) is 111 cm³/mol. The summed E-state index contributed by atoms with van der Waals surface area (Å²) in [6.07, 6.45) is 6.61. The molecular formula is C23H35Cl3SiTi. The van der Waals surface area contributed by atoms with E-state index < -0.39 is 0 Å². The number of hydrogen-bond donors (Lipinski definition) is 0. The van der Waals surface area contributed by atoms with Gasteiger partial charge in [0.2, 0.25) is 0 Å². The molecule has 0 N–H and O–H groups in total. The first-order valence-electron chi connectivity index (χ1n) is 9.88. The van der Waals surface area contributed by atoms with Crippen molar-refractivity contribution < 1.29 is 57.7 Å². The predicted octanol–water partition coefficient (Wildman–Crippen LogP) is -3.50. The van der Waals surface area contributed by atoms with Crippen LogP contribution in [-0.2, 0) is 20.4 Å². The Bertz CT molecular complexity index is 692. The van der Waals surface area contributed by atoms with E-state index in [2.05, 4.69) is 81.0 Å². The number of aryl methyl sites for hydroxylation is 3. The van der Waals surface area contributed by atoms with Crippen LogP contribution in [0.4, 0.5) is 0 Å². The van der Waals surface area contributed by atoms with Crippen molar-refractivity contribution >= 4 is 14.7 Å². The maximum atomic E-state index is 2.41. The summed E-state index contributed by atoms with van der Waals surface area (Å²) in [4.78, 5) is 0. The van der Waals surface area contributed by atoms with Crippen LogP contribution in [0.1, 0.15) is 76.5 Å². The van der Waals surface area contributed by atoms with Gasteiger partial charge in [-0.05, 0) is 0 Å².